The molecule has 0 spiro atoms. The zero-order valence-corrected chi connectivity index (χ0v) is 11.0. The Balaban J connectivity index is 3.79. The maximum Gasteiger partial charge on any atom is 0.0864 e. The maximum absolute atomic E-state index is 5.31. The summed E-state index contributed by atoms with van der Waals surface area (Å²) in [5.41, 5.74) is 0. The Morgan fingerprint density at radius 1 is 0.667 bits per heavy atom. The molecule has 0 saturated carbocycles. The van der Waals surface area contributed by atoms with Gasteiger partial charge in [-0.25, -0.2) is 0 Å². The van der Waals surface area contributed by atoms with Crippen LogP contribution in [0.1, 0.15) is 41.5 Å². The van der Waals surface area contributed by atoms with Crippen LogP contribution >= 0.6 is 0 Å². The third kappa shape index (κ3) is 7.24. The largest absolute Gasteiger partial charge is 0.473 e. The highest BCUT2D eigenvalue weighted by atomic mass is 16.5. The van der Waals surface area contributed by atoms with Crippen LogP contribution in [0.5, 0.6) is 0 Å². The summed E-state index contributed by atoms with van der Waals surface area (Å²) in [6.07, 6.45) is 7.78. The second kappa shape index (κ2) is 7.56. The summed E-state index contributed by atoms with van der Waals surface area (Å²) in [4.78, 5) is 0. The summed E-state index contributed by atoms with van der Waals surface area (Å²) < 4.78 is 5.31. The predicted molar refractivity (Wildman–Crippen MR) is 67.4 cm³/mol. The fourth-order valence-electron chi connectivity index (χ4n) is 0.828. The summed E-state index contributed by atoms with van der Waals surface area (Å²) in [7, 11) is 0. The molecule has 0 bridgehead atoms. The van der Waals surface area contributed by atoms with Gasteiger partial charge in [0.2, 0.25) is 0 Å². The second-order valence-corrected chi connectivity index (χ2v) is 5.00. The fourth-order valence-corrected chi connectivity index (χ4v) is 0.828. The molecule has 0 heterocycles. The SMILES string of the molecule is CC(C)C(C)C=COC=CC(C)C(C)C. The quantitative estimate of drug-likeness (QED) is 0.581. The first-order chi connectivity index (χ1) is 6.95. The lowest BCUT2D eigenvalue weighted by atomic mass is 9.98. The van der Waals surface area contributed by atoms with Crippen LogP contribution in [-0.2, 0) is 4.74 Å². The summed E-state index contributed by atoms with van der Waals surface area (Å²) in [5, 5.41) is 0. The molecule has 0 radical (unpaired) electrons. The van der Waals surface area contributed by atoms with Crippen LogP contribution in [0.25, 0.3) is 0 Å². The average molecular weight is 210 g/mol. The molecule has 0 aliphatic rings. The van der Waals surface area contributed by atoms with Gasteiger partial charge in [0.1, 0.15) is 0 Å². The fraction of sp³-hybridized carbons (Fsp3) is 0.714. The van der Waals surface area contributed by atoms with Crippen molar-refractivity contribution < 1.29 is 4.74 Å². The number of hydrogen-bond acceptors (Lipinski definition) is 1. The maximum atomic E-state index is 5.31. The van der Waals surface area contributed by atoms with Gasteiger partial charge in [-0.15, -0.1) is 0 Å². The van der Waals surface area contributed by atoms with Crippen LogP contribution in [0.3, 0.4) is 0 Å². The number of hydrogen-bond donors (Lipinski definition) is 0. The highest BCUT2D eigenvalue weighted by molar-refractivity contribution is 4.87. The predicted octanol–water partition coefficient (Wildman–Crippen LogP) is 4.61. The summed E-state index contributed by atoms with van der Waals surface area (Å²) in [6, 6.07) is 0. The number of allylic oxidation sites excluding steroid dienone is 2. The van der Waals surface area contributed by atoms with Crippen molar-refractivity contribution in [1.29, 1.82) is 0 Å². The first kappa shape index (κ1) is 14.3. The molecular weight excluding hydrogens is 184 g/mol. The van der Waals surface area contributed by atoms with E-state index in [9.17, 15) is 0 Å². The molecule has 15 heavy (non-hydrogen) atoms. The van der Waals surface area contributed by atoms with E-state index in [1.165, 1.54) is 0 Å². The second-order valence-electron chi connectivity index (χ2n) is 5.00. The van der Waals surface area contributed by atoms with Crippen LogP contribution in [0, 0.1) is 23.7 Å². The first-order valence-electron chi connectivity index (χ1n) is 5.94. The lowest BCUT2D eigenvalue weighted by molar-refractivity contribution is 0.380. The van der Waals surface area contributed by atoms with E-state index >= 15 is 0 Å². The van der Waals surface area contributed by atoms with Crippen LogP contribution in [0.15, 0.2) is 24.7 Å². The molecule has 0 aromatic rings. The van der Waals surface area contributed by atoms with Gasteiger partial charge in [-0.3, -0.25) is 0 Å². The van der Waals surface area contributed by atoms with E-state index in [2.05, 4.69) is 53.7 Å². The van der Waals surface area contributed by atoms with Gasteiger partial charge in [-0.1, -0.05) is 41.5 Å². The van der Waals surface area contributed by atoms with E-state index in [1.54, 1.807) is 12.5 Å². The minimum absolute atomic E-state index is 0.570. The van der Waals surface area contributed by atoms with Crippen molar-refractivity contribution in [2.24, 2.45) is 23.7 Å². The number of ether oxygens (including phenoxy) is 1. The van der Waals surface area contributed by atoms with E-state index in [4.69, 9.17) is 4.74 Å². The van der Waals surface area contributed by atoms with E-state index < -0.39 is 0 Å². The molecule has 0 amide bonds. The van der Waals surface area contributed by atoms with Crippen LogP contribution in [-0.4, -0.2) is 0 Å². The van der Waals surface area contributed by atoms with Crippen molar-refractivity contribution in [3.63, 3.8) is 0 Å². The average Bonchev–Trinajstić information content (AvgIpc) is 2.16. The minimum atomic E-state index is 0.570. The van der Waals surface area contributed by atoms with Gasteiger partial charge in [0, 0.05) is 0 Å². The third-order valence-electron chi connectivity index (χ3n) is 3.02. The zero-order valence-electron chi connectivity index (χ0n) is 11.0. The smallest absolute Gasteiger partial charge is 0.0864 e. The molecule has 0 rings (SSSR count). The van der Waals surface area contributed by atoms with Gasteiger partial charge in [0.15, 0.2) is 0 Å². The Labute approximate surface area is 95.2 Å². The molecule has 0 fully saturated rings. The van der Waals surface area contributed by atoms with Crippen LogP contribution in [0.4, 0.5) is 0 Å². The van der Waals surface area contributed by atoms with Crippen LogP contribution in [0.2, 0.25) is 0 Å². The molecule has 0 aromatic heterocycles. The summed E-state index contributed by atoms with van der Waals surface area (Å²) in [5.74, 6) is 2.48. The van der Waals surface area contributed by atoms with E-state index in [-0.39, 0.29) is 0 Å². The Bertz CT molecular complexity index is 179. The van der Waals surface area contributed by atoms with Crippen molar-refractivity contribution in [1.82, 2.24) is 0 Å². The Morgan fingerprint density at radius 2 is 1.00 bits per heavy atom. The normalized spacial score (nSPS) is 16.8. The highest BCUT2D eigenvalue weighted by Gasteiger charge is 2.02. The molecule has 0 aromatic carbocycles. The van der Waals surface area contributed by atoms with Gasteiger partial charge >= 0.3 is 0 Å². The monoisotopic (exact) mass is 210 g/mol. The molecule has 0 aliphatic heterocycles. The minimum Gasteiger partial charge on any atom is -0.473 e. The molecule has 0 saturated heterocycles. The van der Waals surface area contributed by atoms with Gasteiger partial charge in [-0.05, 0) is 35.8 Å². The molecule has 2 unspecified atom stereocenters. The van der Waals surface area contributed by atoms with Crippen molar-refractivity contribution in [3.05, 3.63) is 24.7 Å². The highest BCUT2D eigenvalue weighted by Crippen LogP contribution is 2.12. The standard InChI is InChI=1S/C14H26O/c1-11(2)13(5)7-9-15-10-8-14(6)12(3)4/h7-14H,1-6H3. The zero-order chi connectivity index (χ0) is 11.8. The molecular formula is C14H26O. The lowest BCUT2D eigenvalue weighted by Gasteiger charge is -2.10. The lowest BCUT2D eigenvalue weighted by Crippen LogP contribution is -2.00. The molecule has 0 aliphatic carbocycles. The van der Waals surface area contributed by atoms with Gasteiger partial charge in [0.05, 0.1) is 12.5 Å². The summed E-state index contributed by atoms with van der Waals surface area (Å²) in [6.45, 7) is 13.3. The van der Waals surface area contributed by atoms with Gasteiger partial charge < -0.3 is 4.74 Å². The number of rotatable bonds is 6. The van der Waals surface area contributed by atoms with Crippen molar-refractivity contribution in [2.45, 2.75) is 41.5 Å². The Morgan fingerprint density at radius 3 is 1.27 bits per heavy atom. The molecule has 1 nitrogen and oxygen atoms in total. The van der Waals surface area contributed by atoms with E-state index in [1.807, 2.05) is 0 Å². The topological polar surface area (TPSA) is 9.23 Å². The first-order valence-corrected chi connectivity index (χ1v) is 5.94. The van der Waals surface area contributed by atoms with Gasteiger partial charge in [-0.2, -0.15) is 0 Å². The Kier molecular flexibility index (Phi) is 7.19. The summed E-state index contributed by atoms with van der Waals surface area (Å²) >= 11 is 0. The van der Waals surface area contributed by atoms with Crippen molar-refractivity contribution in [3.8, 4) is 0 Å². The molecule has 1 heteroatoms. The molecule has 2 atom stereocenters. The van der Waals surface area contributed by atoms with Gasteiger partial charge in [0.25, 0.3) is 0 Å². The van der Waals surface area contributed by atoms with Crippen molar-refractivity contribution >= 4 is 0 Å². The molecule has 0 N–H and O–H groups in total. The van der Waals surface area contributed by atoms with Crippen molar-refractivity contribution in [2.75, 3.05) is 0 Å². The molecule has 88 valence electrons. The third-order valence-corrected chi connectivity index (χ3v) is 3.02. The van der Waals surface area contributed by atoms with Crippen LogP contribution < -0.4 is 0 Å². The van der Waals surface area contributed by atoms with E-state index in [0.29, 0.717) is 23.7 Å². The Hall–Kier alpha value is -0.720. The van der Waals surface area contributed by atoms with E-state index in [0.717, 1.165) is 0 Å².